The number of rotatable bonds is 8. The minimum absolute atomic E-state index is 0.165. The number of carbonyl (C=O) groups is 3. The molecule has 3 aliphatic heterocycles. The van der Waals surface area contributed by atoms with Gasteiger partial charge in [-0.2, -0.15) is 5.06 Å². The summed E-state index contributed by atoms with van der Waals surface area (Å²) in [6, 6.07) is -0.930. The smallest absolute Gasteiger partial charge is 0.345 e. The minimum Gasteiger partial charge on any atom is -0.464 e. The molecule has 10 heteroatoms. The summed E-state index contributed by atoms with van der Waals surface area (Å²) in [5.41, 5.74) is 2.50. The van der Waals surface area contributed by atoms with Crippen molar-refractivity contribution in [3.05, 3.63) is 0 Å². The molecule has 0 spiro atoms. The number of nitrogens with one attached hydrogen (secondary N) is 2. The molecule has 3 saturated heterocycles. The fraction of sp³-hybridized carbons (Fsp3) is 0.833. The lowest BCUT2D eigenvalue weighted by Gasteiger charge is -2.29. The van der Waals surface area contributed by atoms with Gasteiger partial charge in [0.25, 0.3) is 5.91 Å². The van der Waals surface area contributed by atoms with Crippen molar-refractivity contribution in [3.8, 4) is 0 Å². The zero-order valence-corrected chi connectivity index (χ0v) is 16.4. The van der Waals surface area contributed by atoms with Crippen molar-refractivity contribution in [2.45, 2.75) is 63.6 Å². The number of carbonyl (C=O) groups excluding carboxylic acids is 3. The van der Waals surface area contributed by atoms with Crippen molar-refractivity contribution in [2.75, 3.05) is 32.9 Å². The first-order valence-electron chi connectivity index (χ1n) is 10.1. The third-order valence-electron chi connectivity index (χ3n) is 5.37. The summed E-state index contributed by atoms with van der Waals surface area (Å²) in [5, 5.41) is 4.60. The molecule has 3 atom stereocenters. The van der Waals surface area contributed by atoms with Gasteiger partial charge in [-0.1, -0.05) is 12.8 Å². The van der Waals surface area contributed by atoms with Gasteiger partial charge in [0.05, 0.1) is 19.3 Å². The van der Waals surface area contributed by atoms with Crippen molar-refractivity contribution in [1.29, 1.82) is 0 Å². The zero-order chi connectivity index (χ0) is 19.9. The molecule has 2 N–H and O–H groups in total. The number of hydroxylamine groups is 3. The van der Waals surface area contributed by atoms with Gasteiger partial charge in [0.15, 0.2) is 6.61 Å². The Hall–Kier alpha value is -1.91. The molecule has 0 unspecified atom stereocenters. The average Bonchev–Trinajstić information content (AvgIpc) is 2.87. The summed E-state index contributed by atoms with van der Waals surface area (Å²) in [6.45, 7) is 3.40. The molecule has 0 radical (unpaired) electrons. The Morgan fingerprint density at radius 2 is 2.07 bits per heavy atom. The molecule has 0 aromatic rings. The fourth-order valence-corrected chi connectivity index (χ4v) is 3.92. The Bertz CT molecular complexity index is 566. The number of esters is 1. The van der Waals surface area contributed by atoms with Crippen LogP contribution in [0.15, 0.2) is 0 Å². The van der Waals surface area contributed by atoms with E-state index in [0.717, 1.165) is 25.8 Å². The van der Waals surface area contributed by atoms with Crippen LogP contribution in [0, 0.1) is 0 Å². The van der Waals surface area contributed by atoms with Crippen LogP contribution in [0.2, 0.25) is 0 Å². The van der Waals surface area contributed by atoms with E-state index in [4.69, 9.17) is 14.4 Å². The van der Waals surface area contributed by atoms with E-state index in [1.54, 1.807) is 6.92 Å². The minimum atomic E-state index is -0.595. The Morgan fingerprint density at radius 1 is 1.21 bits per heavy atom. The molecule has 10 nitrogen and oxygen atoms in total. The molecule has 0 aromatic heterocycles. The summed E-state index contributed by atoms with van der Waals surface area (Å²) < 4.78 is 4.81. The van der Waals surface area contributed by atoms with E-state index in [2.05, 4.69) is 10.8 Å². The molecule has 3 rings (SSSR count). The van der Waals surface area contributed by atoms with Gasteiger partial charge in [0.1, 0.15) is 6.04 Å². The highest BCUT2D eigenvalue weighted by molar-refractivity contribution is 5.88. The van der Waals surface area contributed by atoms with Crippen LogP contribution >= 0.6 is 0 Å². The van der Waals surface area contributed by atoms with Gasteiger partial charge in [-0.3, -0.25) is 14.5 Å². The predicted molar refractivity (Wildman–Crippen MR) is 97.7 cm³/mol. The van der Waals surface area contributed by atoms with Crippen LogP contribution in [0.25, 0.3) is 0 Å². The topological polar surface area (TPSA) is 109 Å². The number of ether oxygens (including phenoxy) is 1. The molecule has 0 aromatic carbocycles. The number of hydrogen-bond donors (Lipinski definition) is 2. The van der Waals surface area contributed by atoms with E-state index < -0.39 is 18.0 Å². The second-order valence-electron chi connectivity index (χ2n) is 7.36. The van der Waals surface area contributed by atoms with Crippen LogP contribution < -0.4 is 10.8 Å². The van der Waals surface area contributed by atoms with Gasteiger partial charge < -0.3 is 15.0 Å². The van der Waals surface area contributed by atoms with Gasteiger partial charge in [-0.05, 0) is 39.2 Å². The van der Waals surface area contributed by atoms with Gasteiger partial charge in [0.2, 0.25) is 0 Å². The van der Waals surface area contributed by atoms with Crippen LogP contribution in [0.3, 0.4) is 0 Å². The molecule has 158 valence electrons. The second-order valence-corrected chi connectivity index (χ2v) is 7.36. The third kappa shape index (κ3) is 5.12. The number of hydrogen-bond acceptors (Lipinski definition) is 7. The maximum absolute atomic E-state index is 12.6. The Labute approximate surface area is 164 Å². The lowest BCUT2D eigenvalue weighted by atomic mass is 10.0. The average molecular weight is 398 g/mol. The lowest BCUT2D eigenvalue weighted by molar-refractivity contribution is -0.172. The summed E-state index contributed by atoms with van der Waals surface area (Å²) in [6.07, 6.45) is 5.70. The van der Waals surface area contributed by atoms with E-state index in [9.17, 15) is 14.4 Å². The number of nitrogens with zero attached hydrogens (tertiary/aromatic N) is 2. The number of fused-ring (bicyclic) bond motifs is 2. The number of amides is 3. The van der Waals surface area contributed by atoms with Crippen LogP contribution in [-0.4, -0.2) is 78.9 Å². The van der Waals surface area contributed by atoms with Gasteiger partial charge >= 0.3 is 12.0 Å². The van der Waals surface area contributed by atoms with Crippen LogP contribution in [0.4, 0.5) is 4.79 Å². The summed E-state index contributed by atoms with van der Waals surface area (Å²) in [7, 11) is 0. The molecule has 0 saturated carbocycles. The Morgan fingerprint density at radius 3 is 2.89 bits per heavy atom. The van der Waals surface area contributed by atoms with Gasteiger partial charge in [-0.15, -0.1) is 0 Å². The molecule has 3 heterocycles. The standard InChI is InChI=1S/C18H30N4O6/c1-2-26-16(23)12-28-22-14-7-8-15(21(10-14)18(22)25)17(24)20-27-11-13-6-4-3-5-9-19-13/h13-15,19H,2-12H2,1H3,(H,20,24)/t13-,14-,15+/m1/s1. The highest BCUT2D eigenvalue weighted by Crippen LogP contribution is 2.30. The Kier molecular flexibility index (Phi) is 7.46. The van der Waals surface area contributed by atoms with E-state index in [-0.39, 0.29) is 31.2 Å². The first-order chi connectivity index (χ1) is 13.6. The van der Waals surface area contributed by atoms with E-state index in [1.165, 1.54) is 16.4 Å². The normalized spacial score (nSPS) is 27.5. The molecule has 3 aliphatic rings. The first kappa shape index (κ1) is 20.8. The molecule has 2 bridgehead atoms. The van der Waals surface area contributed by atoms with Crippen molar-refractivity contribution in [3.63, 3.8) is 0 Å². The van der Waals surface area contributed by atoms with E-state index >= 15 is 0 Å². The molecular weight excluding hydrogens is 368 g/mol. The third-order valence-corrected chi connectivity index (χ3v) is 5.37. The SMILES string of the molecule is CCOC(=O)CON1C(=O)N2C[C@H]1CC[C@H]2C(=O)NOC[C@H]1CCCCCN1. The number of urea groups is 1. The molecule has 3 amide bonds. The monoisotopic (exact) mass is 398 g/mol. The quantitative estimate of drug-likeness (QED) is 0.448. The van der Waals surface area contributed by atoms with E-state index in [1.807, 2.05) is 0 Å². The van der Waals surface area contributed by atoms with Crippen LogP contribution in [-0.2, 0) is 24.0 Å². The lowest BCUT2D eigenvalue weighted by Crippen LogP contribution is -2.50. The highest BCUT2D eigenvalue weighted by atomic mass is 16.7. The maximum Gasteiger partial charge on any atom is 0.345 e. The van der Waals surface area contributed by atoms with Crippen LogP contribution in [0.1, 0.15) is 45.4 Å². The summed E-state index contributed by atoms with van der Waals surface area (Å²) in [4.78, 5) is 48.8. The van der Waals surface area contributed by atoms with Gasteiger partial charge in [0, 0.05) is 12.6 Å². The molecule has 28 heavy (non-hydrogen) atoms. The predicted octanol–water partition coefficient (Wildman–Crippen LogP) is 0.330. The summed E-state index contributed by atoms with van der Waals surface area (Å²) >= 11 is 0. The number of piperidine rings is 1. The van der Waals surface area contributed by atoms with Crippen molar-refractivity contribution in [1.82, 2.24) is 20.8 Å². The largest absolute Gasteiger partial charge is 0.464 e. The van der Waals surface area contributed by atoms with Crippen LogP contribution in [0.5, 0.6) is 0 Å². The highest BCUT2D eigenvalue weighted by Gasteiger charge is 2.48. The summed E-state index contributed by atoms with van der Waals surface area (Å²) in [5.74, 6) is -0.853. The molecular formula is C18H30N4O6. The van der Waals surface area contributed by atoms with Gasteiger partial charge in [-0.25, -0.2) is 15.1 Å². The Balaban J connectivity index is 1.45. The fourth-order valence-electron chi connectivity index (χ4n) is 3.92. The molecule has 3 fully saturated rings. The van der Waals surface area contributed by atoms with Crippen molar-refractivity contribution in [2.24, 2.45) is 0 Å². The van der Waals surface area contributed by atoms with Crippen molar-refractivity contribution >= 4 is 17.9 Å². The van der Waals surface area contributed by atoms with E-state index in [0.29, 0.717) is 26.0 Å². The second kappa shape index (κ2) is 10.0. The maximum atomic E-state index is 12.6. The molecule has 0 aliphatic carbocycles. The zero-order valence-electron chi connectivity index (χ0n) is 16.4. The van der Waals surface area contributed by atoms with Crippen molar-refractivity contribution < 1.29 is 28.8 Å². The first-order valence-corrected chi connectivity index (χ1v) is 10.1.